The molecular formula is C13H14Cl2N2O2. The van der Waals surface area contributed by atoms with E-state index in [0.717, 1.165) is 11.0 Å². The molecule has 1 heterocycles. The second-order valence-corrected chi connectivity index (χ2v) is 5.20. The molecule has 0 saturated carbocycles. The maximum absolute atomic E-state index is 11.7. The molecule has 102 valence electrons. The fourth-order valence-corrected chi connectivity index (χ4v) is 2.26. The summed E-state index contributed by atoms with van der Waals surface area (Å²) in [5.41, 5.74) is 1.54. The van der Waals surface area contributed by atoms with Gasteiger partial charge in [0.25, 0.3) is 0 Å². The molecule has 1 aromatic carbocycles. The minimum Gasteiger partial charge on any atom is -0.465 e. The van der Waals surface area contributed by atoms with Crippen molar-refractivity contribution in [2.75, 3.05) is 6.61 Å². The number of aromatic nitrogens is 2. The van der Waals surface area contributed by atoms with Gasteiger partial charge in [0.15, 0.2) is 0 Å². The van der Waals surface area contributed by atoms with Gasteiger partial charge >= 0.3 is 5.97 Å². The summed E-state index contributed by atoms with van der Waals surface area (Å²) in [6.45, 7) is 4.03. The summed E-state index contributed by atoms with van der Waals surface area (Å²) < 4.78 is 6.73. The number of hydrogen-bond donors (Lipinski definition) is 0. The Kier molecular flexibility index (Phi) is 4.32. The lowest BCUT2D eigenvalue weighted by atomic mass is 10.3. The molecule has 0 aliphatic rings. The number of hydrogen-bond acceptors (Lipinski definition) is 3. The van der Waals surface area contributed by atoms with Crippen LogP contribution in [-0.4, -0.2) is 22.1 Å². The van der Waals surface area contributed by atoms with Gasteiger partial charge in [0.2, 0.25) is 0 Å². The first-order valence-corrected chi connectivity index (χ1v) is 6.79. The van der Waals surface area contributed by atoms with Gasteiger partial charge in [0, 0.05) is 5.02 Å². The van der Waals surface area contributed by atoms with E-state index in [1.54, 1.807) is 23.6 Å². The van der Waals surface area contributed by atoms with Crippen molar-refractivity contribution in [2.24, 2.45) is 0 Å². The Labute approximate surface area is 121 Å². The smallest absolute Gasteiger partial charge is 0.326 e. The van der Waals surface area contributed by atoms with Gasteiger partial charge < -0.3 is 9.30 Å². The second-order valence-electron chi connectivity index (χ2n) is 4.11. The van der Waals surface area contributed by atoms with Crippen molar-refractivity contribution in [3.63, 3.8) is 0 Å². The summed E-state index contributed by atoms with van der Waals surface area (Å²) in [6, 6.07) is 5.34. The van der Waals surface area contributed by atoms with Crippen LogP contribution in [0.3, 0.4) is 0 Å². The van der Waals surface area contributed by atoms with Crippen LogP contribution in [0.15, 0.2) is 18.2 Å². The highest BCUT2D eigenvalue weighted by Gasteiger charge is 2.17. The number of esters is 1. The number of rotatable bonds is 4. The number of carbonyl (C=O) groups excluding carboxylic acids is 1. The molecule has 1 aromatic heterocycles. The van der Waals surface area contributed by atoms with E-state index in [-0.39, 0.29) is 17.9 Å². The Balaban J connectivity index is 2.49. The lowest BCUT2D eigenvalue weighted by molar-refractivity contribution is -0.143. The largest absolute Gasteiger partial charge is 0.465 e. The molecule has 0 N–H and O–H groups in total. The number of carbonyl (C=O) groups is 1. The summed E-state index contributed by atoms with van der Waals surface area (Å²) in [6.07, 6.45) is 0. The van der Waals surface area contributed by atoms with E-state index in [9.17, 15) is 4.79 Å². The monoisotopic (exact) mass is 300 g/mol. The van der Waals surface area contributed by atoms with Crippen molar-refractivity contribution in [1.82, 2.24) is 9.55 Å². The first-order chi connectivity index (χ1) is 9.02. The number of alkyl halides is 1. The second kappa shape index (κ2) is 5.80. The van der Waals surface area contributed by atoms with Gasteiger partial charge in [-0.3, -0.25) is 4.79 Å². The van der Waals surface area contributed by atoms with Gasteiger partial charge in [0.05, 0.1) is 23.0 Å². The van der Waals surface area contributed by atoms with Gasteiger partial charge in [-0.1, -0.05) is 11.6 Å². The molecule has 0 radical (unpaired) electrons. The van der Waals surface area contributed by atoms with Crippen molar-refractivity contribution in [3.8, 4) is 0 Å². The molecular weight excluding hydrogens is 287 g/mol. The Morgan fingerprint density at radius 3 is 2.89 bits per heavy atom. The average molecular weight is 301 g/mol. The lowest BCUT2D eigenvalue weighted by Gasteiger charge is -2.09. The van der Waals surface area contributed by atoms with Crippen molar-refractivity contribution in [2.45, 2.75) is 25.8 Å². The molecule has 0 fully saturated rings. The Morgan fingerprint density at radius 2 is 2.26 bits per heavy atom. The molecule has 19 heavy (non-hydrogen) atoms. The van der Waals surface area contributed by atoms with Crippen LogP contribution in [-0.2, 0) is 16.1 Å². The molecule has 2 rings (SSSR count). The third-order valence-electron chi connectivity index (χ3n) is 2.69. The zero-order valence-corrected chi connectivity index (χ0v) is 12.2. The van der Waals surface area contributed by atoms with Gasteiger partial charge in [-0.05, 0) is 32.0 Å². The van der Waals surface area contributed by atoms with E-state index in [1.807, 2.05) is 13.0 Å². The molecule has 0 amide bonds. The molecule has 0 aliphatic heterocycles. The van der Waals surface area contributed by atoms with Gasteiger partial charge in [0.1, 0.15) is 12.4 Å². The summed E-state index contributed by atoms with van der Waals surface area (Å²) in [4.78, 5) is 16.1. The molecule has 6 heteroatoms. The maximum Gasteiger partial charge on any atom is 0.326 e. The summed E-state index contributed by atoms with van der Waals surface area (Å²) in [5, 5.41) is 0.294. The van der Waals surface area contributed by atoms with Crippen LogP contribution >= 0.6 is 23.2 Å². The van der Waals surface area contributed by atoms with Crippen LogP contribution in [0.25, 0.3) is 11.0 Å². The standard InChI is InChI=1S/C13H14Cl2N2O2/c1-3-19-12(18)7-17-11-5-4-9(15)6-10(11)16-13(17)8(2)14/h4-6,8H,3,7H2,1-2H3. The molecule has 1 atom stereocenters. The number of ether oxygens (including phenoxy) is 1. The van der Waals surface area contributed by atoms with Gasteiger partial charge in [-0.25, -0.2) is 4.98 Å². The molecule has 0 saturated heterocycles. The van der Waals surface area contributed by atoms with Crippen molar-refractivity contribution >= 4 is 40.2 Å². The molecule has 1 unspecified atom stereocenters. The minimum atomic E-state index is -0.310. The maximum atomic E-state index is 11.7. The third kappa shape index (κ3) is 3.01. The fraction of sp³-hybridized carbons (Fsp3) is 0.385. The van der Waals surface area contributed by atoms with Crippen LogP contribution in [0.1, 0.15) is 25.0 Å². The Morgan fingerprint density at radius 1 is 1.53 bits per heavy atom. The highest BCUT2D eigenvalue weighted by Crippen LogP contribution is 2.26. The molecule has 2 aromatic rings. The number of fused-ring (bicyclic) bond motifs is 1. The van der Waals surface area contributed by atoms with Crippen LogP contribution in [0.4, 0.5) is 0 Å². The third-order valence-corrected chi connectivity index (χ3v) is 3.12. The quantitative estimate of drug-likeness (QED) is 0.640. The predicted molar refractivity (Wildman–Crippen MR) is 75.6 cm³/mol. The van der Waals surface area contributed by atoms with E-state index in [2.05, 4.69) is 4.98 Å². The Hall–Kier alpha value is -1.26. The number of imidazole rings is 1. The highest BCUT2D eigenvalue weighted by molar-refractivity contribution is 6.31. The lowest BCUT2D eigenvalue weighted by Crippen LogP contribution is -2.15. The number of benzene rings is 1. The molecule has 0 bridgehead atoms. The fourth-order valence-electron chi connectivity index (χ4n) is 1.93. The van der Waals surface area contributed by atoms with Gasteiger partial charge in [-0.15, -0.1) is 11.6 Å². The predicted octanol–water partition coefficient (Wildman–Crippen LogP) is 3.55. The van der Waals surface area contributed by atoms with Crippen LogP contribution in [0, 0.1) is 0 Å². The molecule has 0 aliphatic carbocycles. The normalized spacial score (nSPS) is 12.6. The Bertz CT molecular complexity index is 608. The summed E-state index contributed by atoms with van der Waals surface area (Å²) in [5.74, 6) is 0.322. The van der Waals surface area contributed by atoms with E-state index >= 15 is 0 Å². The highest BCUT2D eigenvalue weighted by atomic mass is 35.5. The van der Waals surface area contributed by atoms with Crippen LogP contribution in [0.5, 0.6) is 0 Å². The zero-order chi connectivity index (χ0) is 14.0. The van der Waals surface area contributed by atoms with Crippen molar-refractivity contribution < 1.29 is 9.53 Å². The summed E-state index contributed by atoms with van der Waals surface area (Å²) in [7, 11) is 0. The van der Waals surface area contributed by atoms with Crippen molar-refractivity contribution in [3.05, 3.63) is 29.0 Å². The van der Waals surface area contributed by atoms with E-state index < -0.39 is 0 Å². The van der Waals surface area contributed by atoms with E-state index in [4.69, 9.17) is 27.9 Å². The van der Waals surface area contributed by atoms with E-state index in [0.29, 0.717) is 17.5 Å². The van der Waals surface area contributed by atoms with E-state index in [1.165, 1.54) is 0 Å². The summed E-state index contributed by atoms with van der Waals surface area (Å²) >= 11 is 12.1. The van der Waals surface area contributed by atoms with Crippen LogP contribution in [0.2, 0.25) is 5.02 Å². The number of halogens is 2. The molecule has 0 spiro atoms. The van der Waals surface area contributed by atoms with Gasteiger partial charge in [-0.2, -0.15) is 0 Å². The first kappa shape index (κ1) is 14.2. The SMILES string of the molecule is CCOC(=O)Cn1c(C(C)Cl)nc2cc(Cl)ccc21. The molecule has 4 nitrogen and oxygen atoms in total. The van der Waals surface area contributed by atoms with Crippen LogP contribution < -0.4 is 0 Å². The topological polar surface area (TPSA) is 44.1 Å². The average Bonchev–Trinajstić information content (AvgIpc) is 2.67. The zero-order valence-electron chi connectivity index (χ0n) is 10.7. The minimum absolute atomic E-state index is 0.0956. The number of nitrogens with zero attached hydrogens (tertiary/aromatic N) is 2. The first-order valence-electron chi connectivity index (χ1n) is 5.98. The van der Waals surface area contributed by atoms with Crippen molar-refractivity contribution in [1.29, 1.82) is 0 Å².